The first-order valence-electron chi connectivity index (χ1n) is 6.46. The molecule has 1 unspecified atom stereocenters. The number of rotatable bonds is 3. The molecule has 3 heteroatoms. The minimum absolute atomic E-state index is 0.00494. The number of halogens is 1. The summed E-state index contributed by atoms with van der Waals surface area (Å²) in [5.74, 6) is -0.120. The molecule has 0 aromatic heterocycles. The highest BCUT2D eigenvalue weighted by molar-refractivity contribution is 5.48. The first kappa shape index (κ1) is 12.4. The van der Waals surface area contributed by atoms with Crippen LogP contribution in [0.4, 0.5) is 10.1 Å². The molecule has 1 aromatic carbocycles. The van der Waals surface area contributed by atoms with Crippen LogP contribution in [0.3, 0.4) is 0 Å². The Morgan fingerprint density at radius 2 is 2.00 bits per heavy atom. The minimum Gasteiger partial charge on any atom is -0.371 e. The van der Waals surface area contributed by atoms with Gasteiger partial charge in [0.25, 0.3) is 0 Å². The van der Waals surface area contributed by atoms with E-state index in [4.69, 9.17) is 5.73 Å². The summed E-state index contributed by atoms with van der Waals surface area (Å²) in [5, 5.41) is 0. The third-order valence-electron chi connectivity index (χ3n) is 3.30. The normalized spacial score (nSPS) is 18.2. The van der Waals surface area contributed by atoms with Crippen molar-refractivity contribution < 1.29 is 4.39 Å². The second-order valence-corrected chi connectivity index (χ2v) is 5.00. The van der Waals surface area contributed by atoms with Crippen molar-refractivity contribution in [1.29, 1.82) is 0 Å². The van der Waals surface area contributed by atoms with Gasteiger partial charge >= 0.3 is 0 Å². The third-order valence-corrected chi connectivity index (χ3v) is 3.30. The van der Waals surface area contributed by atoms with Crippen LogP contribution in [0.1, 0.15) is 31.7 Å². The van der Waals surface area contributed by atoms with Crippen molar-refractivity contribution in [3.05, 3.63) is 29.6 Å². The SMILES string of the molecule is CC(N)Cc1ccc(N2CCCCC2)cc1F. The highest BCUT2D eigenvalue weighted by atomic mass is 19.1. The van der Waals surface area contributed by atoms with E-state index in [1.165, 1.54) is 19.3 Å². The van der Waals surface area contributed by atoms with E-state index in [-0.39, 0.29) is 11.9 Å². The lowest BCUT2D eigenvalue weighted by Crippen LogP contribution is -2.29. The van der Waals surface area contributed by atoms with Gasteiger partial charge in [0, 0.05) is 24.8 Å². The molecular formula is C14H21FN2. The molecule has 94 valence electrons. The van der Waals surface area contributed by atoms with Crippen LogP contribution in [0.25, 0.3) is 0 Å². The van der Waals surface area contributed by atoms with Gasteiger partial charge in [0.05, 0.1) is 0 Å². The van der Waals surface area contributed by atoms with E-state index >= 15 is 0 Å². The van der Waals surface area contributed by atoms with E-state index in [1.54, 1.807) is 6.07 Å². The van der Waals surface area contributed by atoms with Crippen molar-refractivity contribution in [3.8, 4) is 0 Å². The Labute approximate surface area is 103 Å². The van der Waals surface area contributed by atoms with Crippen molar-refractivity contribution in [2.75, 3.05) is 18.0 Å². The van der Waals surface area contributed by atoms with Crippen LogP contribution in [0.5, 0.6) is 0 Å². The van der Waals surface area contributed by atoms with Gasteiger partial charge in [-0.3, -0.25) is 0 Å². The summed E-state index contributed by atoms with van der Waals surface area (Å²) in [7, 11) is 0. The first-order chi connectivity index (χ1) is 8.16. The maximum atomic E-state index is 13.9. The Hall–Kier alpha value is -1.09. The maximum Gasteiger partial charge on any atom is 0.128 e. The van der Waals surface area contributed by atoms with Crippen LogP contribution < -0.4 is 10.6 Å². The van der Waals surface area contributed by atoms with Gasteiger partial charge in [0.15, 0.2) is 0 Å². The van der Waals surface area contributed by atoms with Crippen molar-refractivity contribution >= 4 is 5.69 Å². The molecule has 17 heavy (non-hydrogen) atoms. The second kappa shape index (κ2) is 5.50. The predicted molar refractivity (Wildman–Crippen MR) is 69.8 cm³/mol. The molecule has 0 aliphatic carbocycles. The highest BCUT2D eigenvalue weighted by Crippen LogP contribution is 2.22. The zero-order valence-electron chi connectivity index (χ0n) is 10.5. The van der Waals surface area contributed by atoms with Gasteiger partial charge in [-0.15, -0.1) is 0 Å². The number of hydrogen-bond acceptors (Lipinski definition) is 2. The fourth-order valence-electron chi connectivity index (χ4n) is 2.40. The fraction of sp³-hybridized carbons (Fsp3) is 0.571. The lowest BCUT2D eigenvalue weighted by molar-refractivity contribution is 0.570. The summed E-state index contributed by atoms with van der Waals surface area (Å²) >= 11 is 0. The molecule has 0 saturated carbocycles. The van der Waals surface area contributed by atoms with Crippen LogP contribution in [-0.4, -0.2) is 19.1 Å². The van der Waals surface area contributed by atoms with Crippen molar-refractivity contribution in [3.63, 3.8) is 0 Å². The van der Waals surface area contributed by atoms with Crippen molar-refractivity contribution in [1.82, 2.24) is 0 Å². The van der Waals surface area contributed by atoms with Crippen LogP contribution in [-0.2, 0) is 6.42 Å². The first-order valence-corrected chi connectivity index (χ1v) is 6.46. The number of hydrogen-bond donors (Lipinski definition) is 1. The van der Waals surface area contributed by atoms with Gasteiger partial charge in [-0.25, -0.2) is 4.39 Å². The van der Waals surface area contributed by atoms with Gasteiger partial charge in [0.2, 0.25) is 0 Å². The zero-order valence-corrected chi connectivity index (χ0v) is 10.5. The summed E-state index contributed by atoms with van der Waals surface area (Å²) in [5.41, 5.74) is 7.43. The van der Waals surface area contributed by atoms with Crippen LogP contribution in [0, 0.1) is 5.82 Å². The smallest absolute Gasteiger partial charge is 0.128 e. The lowest BCUT2D eigenvalue weighted by atomic mass is 10.1. The summed E-state index contributed by atoms with van der Waals surface area (Å²) in [6, 6.07) is 5.56. The van der Waals surface area contributed by atoms with E-state index in [0.717, 1.165) is 24.3 Å². The van der Waals surface area contributed by atoms with Gasteiger partial charge in [-0.1, -0.05) is 6.07 Å². The Morgan fingerprint density at radius 1 is 1.29 bits per heavy atom. The standard InChI is InChI=1S/C14H21FN2/c1-11(16)9-12-5-6-13(10-14(12)15)17-7-3-2-4-8-17/h5-6,10-11H,2-4,7-9,16H2,1H3. The predicted octanol–water partition coefficient (Wildman–Crippen LogP) is 2.71. The van der Waals surface area contributed by atoms with Crippen molar-refractivity contribution in [2.24, 2.45) is 5.73 Å². The van der Waals surface area contributed by atoms with Crippen LogP contribution in [0.15, 0.2) is 18.2 Å². The summed E-state index contributed by atoms with van der Waals surface area (Å²) < 4.78 is 13.9. The monoisotopic (exact) mass is 236 g/mol. The molecule has 0 amide bonds. The molecule has 2 N–H and O–H groups in total. The number of nitrogens with zero attached hydrogens (tertiary/aromatic N) is 1. The Bertz CT molecular complexity index is 370. The molecule has 1 heterocycles. The molecule has 1 atom stereocenters. The van der Waals surface area contributed by atoms with E-state index in [0.29, 0.717) is 6.42 Å². The molecule has 2 rings (SSSR count). The molecule has 1 aliphatic heterocycles. The average molecular weight is 236 g/mol. The Balaban J connectivity index is 2.12. The van der Waals surface area contributed by atoms with Gasteiger partial charge < -0.3 is 10.6 Å². The largest absolute Gasteiger partial charge is 0.371 e. The highest BCUT2D eigenvalue weighted by Gasteiger charge is 2.13. The van der Waals surface area contributed by atoms with Gasteiger partial charge in [0.1, 0.15) is 5.82 Å². The Kier molecular flexibility index (Phi) is 4.00. The van der Waals surface area contributed by atoms with E-state index in [2.05, 4.69) is 4.90 Å². The molecule has 1 saturated heterocycles. The number of nitrogens with two attached hydrogens (primary N) is 1. The molecule has 2 nitrogen and oxygen atoms in total. The van der Waals surface area contributed by atoms with Gasteiger partial charge in [-0.2, -0.15) is 0 Å². The van der Waals surface area contributed by atoms with E-state index in [1.807, 2.05) is 19.1 Å². The topological polar surface area (TPSA) is 29.3 Å². The maximum absolute atomic E-state index is 13.9. The number of anilines is 1. The molecular weight excluding hydrogens is 215 g/mol. The molecule has 1 aliphatic rings. The van der Waals surface area contributed by atoms with Crippen LogP contribution in [0.2, 0.25) is 0 Å². The van der Waals surface area contributed by atoms with Gasteiger partial charge in [-0.05, 0) is 50.3 Å². The lowest BCUT2D eigenvalue weighted by Gasteiger charge is -2.29. The quantitative estimate of drug-likeness (QED) is 0.874. The third kappa shape index (κ3) is 3.19. The van der Waals surface area contributed by atoms with Crippen LogP contribution >= 0.6 is 0 Å². The van der Waals surface area contributed by atoms with Crippen molar-refractivity contribution in [2.45, 2.75) is 38.6 Å². The summed E-state index contributed by atoms with van der Waals surface area (Å²) in [4.78, 5) is 2.27. The minimum atomic E-state index is -0.120. The molecule has 0 radical (unpaired) electrons. The molecule has 1 fully saturated rings. The Morgan fingerprint density at radius 3 is 2.59 bits per heavy atom. The zero-order chi connectivity index (χ0) is 12.3. The molecule has 1 aromatic rings. The summed E-state index contributed by atoms with van der Waals surface area (Å²) in [6.07, 6.45) is 4.32. The number of benzene rings is 1. The fourth-order valence-corrected chi connectivity index (χ4v) is 2.40. The van der Waals surface area contributed by atoms with E-state index in [9.17, 15) is 4.39 Å². The molecule has 0 bridgehead atoms. The second-order valence-electron chi connectivity index (χ2n) is 5.00. The molecule has 0 spiro atoms. The number of piperidine rings is 1. The average Bonchev–Trinajstić information content (AvgIpc) is 2.32. The van der Waals surface area contributed by atoms with E-state index < -0.39 is 0 Å². The summed E-state index contributed by atoms with van der Waals surface area (Å²) in [6.45, 7) is 4.00.